The molecular weight excluding hydrogens is 304 g/mol. The maximum atomic E-state index is 12.4. The molecule has 120 valence electrons. The molecule has 23 heavy (non-hydrogen) atoms. The second-order valence-electron chi connectivity index (χ2n) is 5.29. The third kappa shape index (κ3) is 3.61. The zero-order valence-electron chi connectivity index (χ0n) is 12.2. The minimum absolute atomic E-state index is 0.160. The van der Waals surface area contributed by atoms with Gasteiger partial charge in [-0.05, 0) is 24.1 Å². The van der Waals surface area contributed by atoms with Crippen molar-refractivity contribution in [2.75, 3.05) is 13.1 Å². The fourth-order valence-corrected chi connectivity index (χ4v) is 2.68. The summed E-state index contributed by atoms with van der Waals surface area (Å²) in [5.41, 5.74) is 1.47. The highest BCUT2D eigenvalue weighted by Crippen LogP contribution is 2.27. The Balaban J connectivity index is 1.65. The summed E-state index contributed by atoms with van der Waals surface area (Å²) < 4.78 is 28.3. The average molecular weight is 319 g/mol. The summed E-state index contributed by atoms with van der Waals surface area (Å²) in [6.07, 6.45) is 5.67. The van der Waals surface area contributed by atoms with Gasteiger partial charge >= 0.3 is 6.61 Å². The second-order valence-corrected chi connectivity index (χ2v) is 5.29. The Hall–Kier alpha value is -2.57. The number of hydrogen-bond acceptors (Lipinski definition) is 4. The number of pyridine rings is 2. The van der Waals surface area contributed by atoms with Crippen LogP contribution in [0.25, 0.3) is 0 Å². The number of ether oxygens (including phenoxy) is 1. The Morgan fingerprint density at radius 1 is 1.30 bits per heavy atom. The van der Waals surface area contributed by atoms with Gasteiger partial charge < -0.3 is 9.64 Å². The number of alkyl halides is 2. The summed E-state index contributed by atoms with van der Waals surface area (Å²) in [6, 6.07) is 6.60. The topological polar surface area (TPSA) is 55.3 Å². The van der Waals surface area contributed by atoms with Gasteiger partial charge in [-0.15, -0.1) is 0 Å². The molecule has 0 spiro atoms. The van der Waals surface area contributed by atoms with Crippen LogP contribution in [-0.4, -0.2) is 40.5 Å². The number of hydrogen-bond donors (Lipinski definition) is 0. The molecule has 0 bridgehead atoms. The third-order valence-corrected chi connectivity index (χ3v) is 3.82. The first-order chi connectivity index (χ1) is 11.1. The van der Waals surface area contributed by atoms with Crippen molar-refractivity contribution in [1.82, 2.24) is 14.9 Å². The lowest BCUT2D eigenvalue weighted by molar-refractivity contribution is -0.0528. The summed E-state index contributed by atoms with van der Waals surface area (Å²) in [4.78, 5) is 22.0. The van der Waals surface area contributed by atoms with Crippen LogP contribution in [0.15, 0.2) is 42.9 Å². The van der Waals surface area contributed by atoms with Gasteiger partial charge in [0, 0.05) is 43.7 Å². The van der Waals surface area contributed by atoms with Gasteiger partial charge in [0.05, 0.1) is 5.56 Å². The number of rotatable bonds is 4. The summed E-state index contributed by atoms with van der Waals surface area (Å²) in [5.74, 6) is -0.0965. The third-order valence-electron chi connectivity index (χ3n) is 3.82. The summed E-state index contributed by atoms with van der Waals surface area (Å²) >= 11 is 0. The van der Waals surface area contributed by atoms with E-state index in [0.717, 1.165) is 12.0 Å². The van der Waals surface area contributed by atoms with E-state index < -0.39 is 6.61 Å². The first-order valence-electron chi connectivity index (χ1n) is 7.23. The molecular formula is C16H15F2N3O2. The van der Waals surface area contributed by atoms with Crippen molar-refractivity contribution >= 4 is 5.91 Å². The van der Waals surface area contributed by atoms with Gasteiger partial charge in [-0.25, -0.2) is 4.98 Å². The molecule has 7 heteroatoms. The molecule has 0 saturated carbocycles. The highest BCUT2D eigenvalue weighted by molar-refractivity contribution is 5.94. The number of carbonyl (C=O) groups excluding carboxylic acids is 1. The molecule has 0 N–H and O–H groups in total. The van der Waals surface area contributed by atoms with E-state index in [0.29, 0.717) is 18.7 Å². The van der Waals surface area contributed by atoms with Crippen molar-refractivity contribution in [1.29, 1.82) is 0 Å². The van der Waals surface area contributed by atoms with Crippen LogP contribution in [0.1, 0.15) is 28.3 Å². The van der Waals surface area contributed by atoms with Crippen molar-refractivity contribution in [3.63, 3.8) is 0 Å². The monoisotopic (exact) mass is 319 g/mol. The van der Waals surface area contributed by atoms with Crippen LogP contribution in [0.3, 0.4) is 0 Å². The highest BCUT2D eigenvalue weighted by atomic mass is 19.3. The van der Waals surface area contributed by atoms with Crippen LogP contribution >= 0.6 is 0 Å². The predicted octanol–water partition coefficient (Wildman–Crippen LogP) is 2.71. The zero-order chi connectivity index (χ0) is 16.2. The van der Waals surface area contributed by atoms with Gasteiger partial charge in [0.2, 0.25) is 5.88 Å². The Morgan fingerprint density at radius 3 is 2.83 bits per heavy atom. The van der Waals surface area contributed by atoms with Crippen LogP contribution < -0.4 is 4.74 Å². The average Bonchev–Trinajstić information content (AvgIpc) is 3.05. The highest BCUT2D eigenvalue weighted by Gasteiger charge is 2.28. The molecule has 2 aromatic rings. The maximum Gasteiger partial charge on any atom is 0.388 e. The largest absolute Gasteiger partial charge is 0.417 e. The molecule has 3 rings (SSSR count). The van der Waals surface area contributed by atoms with Crippen LogP contribution in [0.2, 0.25) is 0 Å². The van der Waals surface area contributed by atoms with Gasteiger partial charge in [0.1, 0.15) is 0 Å². The minimum Gasteiger partial charge on any atom is -0.417 e. The van der Waals surface area contributed by atoms with Crippen LogP contribution in [0.5, 0.6) is 5.88 Å². The van der Waals surface area contributed by atoms with Crippen LogP contribution in [0, 0.1) is 0 Å². The minimum atomic E-state index is -2.93. The Kier molecular flexibility index (Phi) is 4.45. The lowest BCUT2D eigenvalue weighted by Crippen LogP contribution is -2.28. The Labute approximate surface area is 131 Å². The molecule has 1 aliphatic rings. The van der Waals surface area contributed by atoms with Crippen molar-refractivity contribution in [2.45, 2.75) is 19.0 Å². The molecule has 1 aliphatic heterocycles. The number of halogens is 2. The lowest BCUT2D eigenvalue weighted by Gasteiger charge is -2.16. The van der Waals surface area contributed by atoms with Crippen molar-refractivity contribution in [3.05, 3.63) is 54.0 Å². The molecule has 1 atom stereocenters. The second kappa shape index (κ2) is 6.68. The van der Waals surface area contributed by atoms with E-state index in [1.54, 1.807) is 11.1 Å². The molecule has 0 aromatic carbocycles. The van der Waals surface area contributed by atoms with E-state index in [1.165, 1.54) is 18.3 Å². The standard InChI is InChI=1S/C16H15F2N3O2/c17-16(18)23-14-4-3-12(9-20-14)15(22)21-7-5-13(10-21)11-2-1-6-19-8-11/h1-4,6,8-9,13,16H,5,7,10H2. The molecule has 1 fully saturated rings. The zero-order valence-corrected chi connectivity index (χ0v) is 12.2. The van der Waals surface area contributed by atoms with Gasteiger partial charge in [0.15, 0.2) is 0 Å². The van der Waals surface area contributed by atoms with Crippen molar-refractivity contribution < 1.29 is 18.3 Å². The van der Waals surface area contributed by atoms with Gasteiger partial charge in [-0.1, -0.05) is 6.07 Å². The van der Waals surface area contributed by atoms with E-state index in [2.05, 4.69) is 14.7 Å². The van der Waals surface area contributed by atoms with Gasteiger partial charge in [0.25, 0.3) is 5.91 Å². The van der Waals surface area contributed by atoms with E-state index in [-0.39, 0.29) is 17.7 Å². The van der Waals surface area contributed by atoms with Crippen molar-refractivity contribution in [2.24, 2.45) is 0 Å². The number of nitrogens with zero attached hydrogens (tertiary/aromatic N) is 3. The molecule has 5 nitrogen and oxygen atoms in total. The van der Waals surface area contributed by atoms with E-state index in [9.17, 15) is 13.6 Å². The Morgan fingerprint density at radius 2 is 2.17 bits per heavy atom. The normalized spacial score (nSPS) is 17.5. The first kappa shape index (κ1) is 15.3. The SMILES string of the molecule is O=C(c1ccc(OC(F)F)nc1)N1CCC(c2cccnc2)C1. The quantitative estimate of drug-likeness (QED) is 0.869. The van der Waals surface area contributed by atoms with E-state index >= 15 is 0 Å². The summed E-state index contributed by atoms with van der Waals surface area (Å²) in [5, 5.41) is 0. The summed E-state index contributed by atoms with van der Waals surface area (Å²) in [7, 11) is 0. The smallest absolute Gasteiger partial charge is 0.388 e. The van der Waals surface area contributed by atoms with Gasteiger partial charge in [-0.2, -0.15) is 8.78 Å². The number of amides is 1. The van der Waals surface area contributed by atoms with Gasteiger partial charge in [-0.3, -0.25) is 9.78 Å². The molecule has 0 radical (unpaired) electrons. The predicted molar refractivity (Wildman–Crippen MR) is 78.4 cm³/mol. The van der Waals surface area contributed by atoms with E-state index in [1.807, 2.05) is 18.3 Å². The molecule has 0 aliphatic carbocycles. The molecule has 1 unspecified atom stereocenters. The summed E-state index contributed by atoms with van der Waals surface area (Å²) in [6.45, 7) is -1.67. The molecule has 2 aromatic heterocycles. The molecule has 1 saturated heterocycles. The number of likely N-dealkylation sites (tertiary alicyclic amines) is 1. The Bertz CT molecular complexity index is 665. The lowest BCUT2D eigenvalue weighted by atomic mass is 10.0. The van der Waals surface area contributed by atoms with Crippen molar-refractivity contribution in [3.8, 4) is 5.88 Å². The fraction of sp³-hybridized carbons (Fsp3) is 0.312. The molecule has 3 heterocycles. The number of aromatic nitrogens is 2. The first-order valence-corrected chi connectivity index (χ1v) is 7.23. The number of carbonyl (C=O) groups is 1. The molecule has 1 amide bonds. The van der Waals surface area contributed by atoms with E-state index in [4.69, 9.17) is 0 Å². The van der Waals surface area contributed by atoms with Crippen LogP contribution in [-0.2, 0) is 0 Å². The fourth-order valence-electron chi connectivity index (χ4n) is 2.68. The maximum absolute atomic E-state index is 12.4. The van der Waals surface area contributed by atoms with Crippen LogP contribution in [0.4, 0.5) is 8.78 Å².